The summed E-state index contributed by atoms with van der Waals surface area (Å²) in [4.78, 5) is 14.9. The van der Waals surface area contributed by atoms with Gasteiger partial charge < -0.3 is 10.2 Å². The molecule has 5 atom stereocenters. The van der Waals surface area contributed by atoms with Crippen LogP contribution in [-0.2, 0) is 4.79 Å². The van der Waals surface area contributed by atoms with E-state index in [0.29, 0.717) is 23.9 Å². The maximum Gasteiger partial charge on any atom is 0.226 e. The predicted molar refractivity (Wildman–Crippen MR) is 65.4 cm³/mol. The predicted octanol–water partition coefficient (Wildman–Crippen LogP) is 1.24. The summed E-state index contributed by atoms with van der Waals surface area (Å²) in [6, 6.07) is 0.992. The van der Waals surface area contributed by atoms with Crippen molar-refractivity contribution >= 4 is 5.91 Å². The second-order valence-electron chi connectivity index (χ2n) is 6.74. The number of hydrogen-bond donors (Lipinski definition) is 1. The van der Waals surface area contributed by atoms with E-state index in [0.717, 1.165) is 30.8 Å². The summed E-state index contributed by atoms with van der Waals surface area (Å²) >= 11 is 0. The maximum absolute atomic E-state index is 12.7. The topological polar surface area (TPSA) is 32.3 Å². The molecule has 0 aromatic heterocycles. The minimum absolute atomic E-state index is 0.376. The zero-order valence-electron chi connectivity index (χ0n) is 10.6. The number of nitrogens with zero attached hydrogens (tertiary/aromatic N) is 1. The highest BCUT2D eigenvalue weighted by molar-refractivity contribution is 5.80. The van der Waals surface area contributed by atoms with Gasteiger partial charge in [0.05, 0.1) is 0 Å². The minimum atomic E-state index is 0.376. The number of carbonyl (C=O) groups is 1. The Bertz CT molecular complexity index is 346. The van der Waals surface area contributed by atoms with Crippen molar-refractivity contribution in [3.8, 4) is 0 Å². The molecule has 2 aliphatic carbocycles. The molecule has 4 aliphatic rings. The lowest BCUT2D eigenvalue weighted by Gasteiger charge is -2.30. The third-order valence-electron chi connectivity index (χ3n) is 5.63. The van der Waals surface area contributed by atoms with Crippen molar-refractivity contribution in [2.45, 2.75) is 44.7 Å². The van der Waals surface area contributed by atoms with Crippen molar-refractivity contribution in [1.82, 2.24) is 10.2 Å². The lowest BCUT2D eigenvalue weighted by molar-refractivity contribution is -0.138. The van der Waals surface area contributed by atoms with Crippen molar-refractivity contribution in [2.75, 3.05) is 13.1 Å². The van der Waals surface area contributed by atoms with E-state index in [1.54, 1.807) is 0 Å². The van der Waals surface area contributed by atoms with Gasteiger partial charge in [-0.2, -0.15) is 0 Å². The first kappa shape index (κ1) is 10.4. The molecule has 5 unspecified atom stereocenters. The Morgan fingerprint density at radius 1 is 1.06 bits per heavy atom. The van der Waals surface area contributed by atoms with E-state index in [9.17, 15) is 4.79 Å². The number of likely N-dealkylation sites (tertiary alicyclic amines) is 1. The summed E-state index contributed by atoms with van der Waals surface area (Å²) in [7, 11) is 0. The van der Waals surface area contributed by atoms with Crippen LogP contribution in [0.1, 0.15) is 32.6 Å². The van der Waals surface area contributed by atoms with Crippen LogP contribution in [0.15, 0.2) is 0 Å². The summed E-state index contributed by atoms with van der Waals surface area (Å²) in [6.07, 6.45) is 5.00. The molecule has 2 heterocycles. The average Bonchev–Trinajstić information content (AvgIpc) is 2.69. The van der Waals surface area contributed by atoms with Gasteiger partial charge >= 0.3 is 0 Å². The molecule has 1 N–H and O–H groups in total. The maximum atomic E-state index is 12.7. The average molecular weight is 234 g/mol. The number of hydrogen-bond acceptors (Lipinski definition) is 2. The summed E-state index contributed by atoms with van der Waals surface area (Å²) in [6.45, 7) is 4.39. The largest absolute Gasteiger partial charge is 0.335 e. The fraction of sp³-hybridized carbons (Fsp3) is 0.929. The minimum Gasteiger partial charge on any atom is -0.335 e. The lowest BCUT2D eigenvalue weighted by Crippen LogP contribution is -2.45. The Balaban J connectivity index is 1.51. The van der Waals surface area contributed by atoms with E-state index >= 15 is 0 Å². The molecule has 1 amide bonds. The molecule has 0 aromatic rings. The Kier molecular flexibility index (Phi) is 2.11. The van der Waals surface area contributed by atoms with E-state index in [1.165, 1.54) is 25.7 Å². The number of rotatable bonds is 1. The molecule has 17 heavy (non-hydrogen) atoms. The summed E-state index contributed by atoms with van der Waals surface area (Å²) < 4.78 is 0. The Labute approximate surface area is 103 Å². The Morgan fingerprint density at radius 2 is 1.82 bits per heavy atom. The Hall–Kier alpha value is -0.570. The summed E-state index contributed by atoms with van der Waals surface area (Å²) in [5, 5.41) is 3.44. The van der Waals surface area contributed by atoms with E-state index in [4.69, 9.17) is 0 Å². The zero-order chi connectivity index (χ0) is 11.6. The van der Waals surface area contributed by atoms with E-state index in [2.05, 4.69) is 17.1 Å². The second kappa shape index (κ2) is 3.47. The van der Waals surface area contributed by atoms with Crippen LogP contribution in [0.2, 0.25) is 0 Å². The highest BCUT2D eigenvalue weighted by atomic mass is 16.2. The van der Waals surface area contributed by atoms with Gasteiger partial charge in [-0.25, -0.2) is 0 Å². The van der Waals surface area contributed by atoms with Crippen LogP contribution >= 0.6 is 0 Å². The van der Waals surface area contributed by atoms with Crippen molar-refractivity contribution < 1.29 is 4.79 Å². The van der Waals surface area contributed by atoms with Crippen molar-refractivity contribution in [3.63, 3.8) is 0 Å². The lowest BCUT2D eigenvalue weighted by atomic mass is 10.0. The summed E-state index contributed by atoms with van der Waals surface area (Å²) in [5.41, 5.74) is 0. The summed E-state index contributed by atoms with van der Waals surface area (Å²) in [5.74, 6) is 3.42. The molecule has 4 rings (SSSR count). The molecule has 0 bridgehead atoms. The quantitative estimate of drug-likeness (QED) is 0.740. The molecule has 3 nitrogen and oxygen atoms in total. The molecule has 2 aliphatic heterocycles. The first-order chi connectivity index (χ1) is 8.24. The molecular formula is C14H22N2O. The van der Waals surface area contributed by atoms with Crippen LogP contribution in [0.4, 0.5) is 0 Å². The van der Waals surface area contributed by atoms with Gasteiger partial charge in [-0.3, -0.25) is 4.79 Å². The molecule has 3 heteroatoms. The SMILES string of the molecule is CC1CC2CNCC2N1C(=O)C1CC2CC2C1. The van der Waals surface area contributed by atoms with E-state index in [-0.39, 0.29) is 0 Å². The van der Waals surface area contributed by atoms with Crippen LogP contribution in [0.25, 0.3) is 0 Å². The smallest absolute Gasteiger partial charge is 0.226 e. The van der Waals surface area contributed by atoms with Gasteiger partial charge in [-0.1, -0.05) is 0 Å². The van der Waals surface area contributed by atoms with Crippen LogP contribution < -0.4 is 5.32 Å². The number of fused-ring (bicyclic) bond motifs is 2. The number of carbonyl (C=O) groups excluding carboxylic acids is 1. The van der Waals surface area contributed by atoms with Crippen molar-refractivity contribution in [1.29, 1.82) is 0 Å². The van der Waals surface area contributed by atoms with Crippen molar-refractivity contribution in [2.24, 2.45) is 23.7 Å². The molecule has 0 radical (unpaired) electrons. The van der Waals surface area contributed by atoms with Crippen LogP contribution in [0.5, 0.6) is 0 Å². The normalized spacial score (nSPS) is 51.5. The standard InChI is InChI=1S/C14H22N2O/c1-8-2-12-6-15-7-13(12)16(8)14(17)11-4-9-3-10(9)5-11/h8-13,15H,2-7H2,1H3. The first-order valence-electron chi connectivity index (χ1n) is 7.27. The van der Waals surface area contributed by atoms with Gasteiger partial charge in [-0.05, 0) is 50.4 Å². The molecule has 0 aromatic carbocycles. The zero-order valence-corrected chi connectivity index (χ0v) is 10.6. The molecule has 94 valence electrons. The van der Waals surface area contributed by atoms with Crippen LogP contribution in [-0.4, -0.2) is 36.0 Å². The van der Waals surface area contributed by atoms with Gasteiger partial charge in [0.25, 0.3) is 0 Å². The highest BCUT2D eigenvalue weighted by Gasteiger charge is 2.52. The Morgan fingerprint density at radius 3 is 2.59 bits per heavy atom. The van der Waals surface area contributed by atoms with Gasteiger partial charge in [0, 0.05) is 31.1 Å². The fourth-order valence-corrected chi connectivity index (χ4v) is 4.67. The second-order valence-corrected chi connectivity index (χ2v) is 6.74. The third-order valence-corrected chi connectivity index (χ3v) is 5.63. The van der Waals surface area contributed by atoms with Gasteiger partial charge in [0.2, 0.25) is 5.91 Å². The van der Waals surface area contributed by atoms with Crippen LogP contribution in [0, 0.1) is 23.7 Å². The van der Waals surface area contributed by atoms with Crippen LogP contribution in [0.3, 0.4) is 0 Å². The molecule has 4 fully saturated rings. The number of amides is 1. The highest BCUT2D eigenvalue weighted by Crippen LogP contribution is 2.55. The number of nitrogens with one attached hydrogen (secondary N) is 1. The molecule has 0 spiro atoms. The fourth-order valence-electron chi connectivity index (χ4n) is 4.67. The molecular weight excluding hydrogens is 212 g/mol. The van der Waals surface area contributed by atoms with Gasteiger partial charge in [0.1, 0.15) is 0 Å². The first-order valence-corrected chi connectivity index (χ1v) is 7.27. The van der Waals surface area contributed by atoms with E-state index in [1.807, 2.05) is 0 Å². The third kappa shape index (κ3) is 1.48. The van der Waals surface area contributed by atoms with Gasteiger partial charge in [-0.15, -0.1) is 0 Å². The monoisotopic (exact) mass is 234 g/mol. The molecule has 2 saturated carbocycles. The van der Waals surface area contributed by atoms with E-state index < -0.39 is 0 Å². The molecule has 2 saturated heterocycles. The van der Waals surface area contributed by atoms with Crippen molar-refractivity contribution in [3.05, 3.63) is 0 Å². The van der Waals surface area contributed by atoms with Gasteiger partial charge in [0.15, 0.2) is 0 Å².